The van der Waals surface area contributed by atoms with Crippen molar-refractivity contribution in [3.05, 3.63) is 11.5 Å². The Morgan fingerprint density at radius 3 is 3.12 bits per heavy atom. The molecule has 1 aliphatic heterocycles. The summed E-state index contributed by atoms with van der Waals surface area (Å²) in [6.45, 7) is 0.00403. The molecule has 4 heteroatoms. The van der Waals surface area contributed by atoms with Crippen molar-refractivity contribution in [3.8, 4) is 0 Å². The lowest BCUT2D eigenvalue weighted by atomic mass is 10.4. The predicted octanol–water partition coefficient (Wildman–Crippen LogP) is 0.0998. The summed E-state index contributed by atoms with van der Waals surface area (Å²) in [6.07, 6.45) is 1.77. The molecule has 0 spiro atoms. The summed E-state index contributed by atoms with van der Waals surface area (Å²) in [7, 11) is 0. The fourth-order valence-electron chi connectivity index (χ4n) is 0.353. The largest absolute Gasteiger partial charge is 0.390 e. The van der Waals surface area contributed by atoms with Gasteiger partial charge in [-0.15, -0.1) is 0 Å². The van der Waals surface area contributed by atoms with Gasteiger partial charge in [0, 0.05) is 0 Å². The van der Waals surface area contributed by atoms with Crippen molar-refractivity contribution in [2.24, 2.45) is 5.10 Å². The van der Waals surface area contributed by atoms with E-state index in [1.807, 2.05) is 5.41 Å². The summed E-state index contributed by atoms with van der Waals surface area (Å²) in [4.78, 5) is 2.64. The van der Waals surface area contributed by atoms with Crippen molar-refractivity contribution in [3.63, 3.8) is 0 Å². The fourth-order valence-corrected chi connectivity index (χ4v) is 0.809. The Morgan fingerprint density at radius 1 is 1.88 bits per heavy atom. The van der Waals surface area contributed by atoms with Crippen molar-refractivity contribution in [1.29, 1.82) is 0 Å². The third-order valence-corrected chi connectivity index (χ3v) is 1.20. The van der Waals surface area contributed by atoms with E-state index in [0.717, 1.165) is 0 Å². The molecule has 0 unspecified atom stereocenters. The third kappa shape index (κ3) is 1.24. The van der Waals surface area contributed by atoms with E-state index in [-0.39, 0.29) is 6.61 Å². The third-order valence-electron chi connectivity index (χ3n) is 0.732. The summed E-state index contributed by atoms with van der Waals surface area (Å²) < 4.78 is 0. The van der Waals surface area contributed by atoms with Crippen LogP contribution in [0.3, 0.4) is 0 Å². The van der Waals surface area contributed by atoms with Gasteiger partial charge in [-0.25, -0.2) is 4.83 Å². The predicted molar refractivity (Wildman–Crippen MR) is 34.4 cm³/mol. The second kappa shape index (κ2) is 2.74. The number of hydrogen-bond acceptors (Lipinski definition) is 4. The van der Waals surface area contributed by atoms with Crippen LogP contribution in [-0.4, -0.2) is 17.4 Å². The molecule has 0 aromatic heterocycles. The normalized spacial score (nSPS) is 17.4. The molecular formula is C4H6N2OS. The topological polar surface area (TPSA) is 44.6 Å². The lowest BCUT2D eigenvalue weighted by Crippen LogP contribution is -2.08. The van der Waals surface area contributed by atoms with Crippen LogP contribution in [0, 0.1) is 0 Å². The first-order valence-corrected chi connectivity index (χ1v) is 3.06. The maximum atomic E-state index is 8.46. The van der Waals surface area contributed by atoms with Crippen molar-refractivity contribution < 1.29 is 5.11 Å². The van der Waals surface area contributed by atoms with Gasteiger partial charge in [0.25, 0.3) is 0 Å². The van der Waals surface area contributed by atoms with Gasteiger partial charge in [-0.1, -0.05) is 0 Å². The maximum absolute atomic E-state index is 8.46. The second-order valence-electron chi connectivity index (χ2n) is 1.27. The van der Waals surface area contributed by atoms with Gasteiger partial charge in [-0.2, -0.15) is 5.10 Å². The van der Waals surface area contributed by atoms with Crippen LogP contribution in [0.5, 0.6) is 0 Å². The minimum atomic E-state index is 0.00403. The SMILES string of the molecule is OCC1=NNSC=C1. The number of aliphatic hydroxyl groups is 1. The highest BCUT2D eigenvalue weighted by atomic mass is 32.2. The molecule has 0 fully saturated rings. The maximum Gasteiger partial charge on any atom is 0.0873 e. The average Bonchev–Trinajstić information content (AvgIpc) is 1.90. The van der Waals surface area contributed by atoms with Crippen LogP contribution >= 0.6 is 11.9 Å². The Kier molecular flexibility index (Phi) is 1.93. The van der Waals surface area contributed by atoms with E-state index in [0.29, 0.717) is 5.71 Å². The van der Waals surface area contributed by atoms with E-state index in [1.165, 1.54) is 11.9 Å². The molecule has 0 saturated heterocycles. The molecule has 0 aromatic rings. The summed E-state index contributed by atoms with van der Waals surface area (Å²) in [5.74, 6) is 0. The van der Waals surface area contributed by atoms with Crippen LogP contribution in [0.25, 0.3) is 0 Å². The van der Waals surface area contributed by atoms with Gasteiger partial charge in [0.05, 0.1) is 12.3 Å². The Labute approximate surface area is 51.6 Å². The second-order valence-corrected chi connectivity index (χ2v) is 1.96. The number of hydrazone groups is 1. The summed E-state index contributed by atoms with van der Waals surface area (Å²) >= 11 is 1.38. The van der Waals surface area contributed by atoms with Crippen LogP contribution in [0.2, 0.25) is 0 Å². The quantitative estimate of drug-likeness (QED) is 0.495. The van der Waals surface area contributed by atoms with Gasteiger partial charge < -0.3 is 5.11 Å². The number of aliphatic hydroxyl groups excluding tert-OH is 1. The van der Waals surface area contributed by atoms with Gasteiger partial charge >= 0.3 is 0 Å². The van der Waals surface area contributed by atoms with E-state index < -0.39 is 0 Å². The van der Waals surface area contributed by atoms with Gasteiger partial charge in [0.1, 0.15) is 0 Å². The lowest BCUT2D eigenvalue weighted by molar-refractivity contribution is 0.357. The van der Waals surface area contributed by atoms with Gasteiger partial charge in [-0.3, -0.25) is 0 Å². The van der Waals surface area contributed by atoms with Gasteiger partial charge in [0.2, 0.25) is 0 Å². The average molecular weight is 130 g/mol. The summed E-state index contributed by atoms with van der Waals surface area (Å²) in [5, 5.41) is 14.0. The van der Waals surface area contributed by atoms with Gasteiger partial charge in [-0.05, 0) is 23.4 Å². The van der Waals surface area contributed by atoms with Crippen molar-refractivity contribution >= 4 is 17.7 Å². The zero-order chi connectivity index (χ0) is 5.82. The molecule has 0 aromatic carbocycles. The molecular weight excluding hydrogens is 124 g/mol. The highest BCUT2D eigenvalue weighted by Gasteiger charge is 1.93. The molecule has 3 nitrogen and oxygen atoms in total. The zero-order valence-electron chi connectivity index (χ0n) is 4.16. The highest BCUT2D eigenvalue weighted by Crippen LogP contribution is 2.00. The first-order valence-electron chi connectivity index (χ1n) is 2.18. The molecule has 8 heavy (non-hydrogen) atoms. The Hall–Kier alpha value is -0.480. The molecule has 0 radical (unpaired) electrons. The Balaban J connectivity index is 2.51. The highest BCUT2D eigenvalue weighted by molar-refractivity contribution is 8.00. The Bertz CT molecular complexity index is 132. The minimum absolute atomic E-state index is 0.00403. The standard InChI is InChI=1S/C4H6N2OS/c7-3-4-1-2-8-6-5-4/h1-2,6-7H,3H2. The van der Waals surface area contributed by atoms with Crippen molar-refractivity contribution in [1.82, 2.24) is 4.83 Å². The first kappa shape index (κ1) is 5.65. The number of rotatable bonds is 1. The molecule has 0 aliphatic carbocycles. The van der Waals surface area contributed by atoms with Crippen LogP contribution in [0.1, 0.15) is 0 Å². The molecule has 1 rings (SSSR count). The lowest BCUT2D eigenvalue weighted by Gasteiger charge is -2.01. The van der Waals surface area contributed by atoms with Crippen molar-refractivity contribution in [2.75, 3.05) is 6.61 Å². The molecule has 0 saturated carbocycles. The summed E-state index contributed by atoms with van der Waals surface area (Å²) in [6, 6.07) is 0. The zero-order valence-corrected chi connectivity index (χ0v) is 4.98. The van der Waals surface area contributed by atoms with E-state index >= 15 is 0 Å². The van der Waals surface area contributed by atoms with Crippen LogP contribution in [0.15, 0.2) is 16.6 Å². The molecule has 0 bridgehead atoms. The van der Waals surface area contributed by atoms with Crippen LogP contribution in [-0.2, 0) is 0 Å². The molecule has 44 valence electrons. The molecule has 0 atom stereocenters. The van der Waals surface area contributed by atoms with Gasteiger partial charge in [0.15, 0.2) is 0 Å². The fraction of sp³-hybridized carbons (Fsp3) is 0.250. The van der Waals surface area contributed by atoms with E-state index in [2.05, 4.69) is 9.93 Å². The van der Waals surface area contributed by atoms with E-state index in [1.54, 1.807) is 6.08 Å². The van der Waals surface area contributed by atoms with Crippen LogP contribution in [0.4, 0.5) is 0 Å². The van der Waals surface area contributed by atoms with E-state index in [9.17, 15) is 0 Å². The molecule has 1 aliphatic rings. The summed E-state index contributed by atoms with van der Waals surface area (Å²) in [5.41, 5.74) is 0.670. The smallest absolute Gasteiger partial charge is 0.0873 e. The van der Waals surface area contributed by atoms with Crippen molar-refractivity contribution in [2.45, 2.75) is 0 Å². The minimum Gasteiger partial charge on any atom is -0.390 e. The monoisotopic (exact) mass is 130 g/mol. The first-order chi connectivity index (χ1) is 3.93. The van der Waals surface area contributed by atoms with E-state index in [4.69, 9.17) is 5.11 Å². The molecule has 2 N–H and O–H groups in total. The molecule has 1 heterocycles. The number of nitrogens with zero attached hydrogens (tertiary/aromatic N) is 1. The number of nitrogens with one attached hydrogen (secondary N) is 1. The molecule has 0 amide bonds. The Morgan fingerprint density at radius 2 is 2.75 bits per heavy atom. The van der Waals surface area contributed by atoms with Crippen LogP contribution < -0.4 is 4.83 Å². The number of hydrogen-bond donors (Lipinski definition) is 2.